The van der Waals surface area contributed by atoms with Crippen LogP contribution in [-0.2, 0) is 19.4 Å². The van der Waals surface area contributed by atoms with Gasteiger partial charge in [0, 0.05) is 43.4 Å². The number of thiophene rings is 1. The van der Waals surface area contributed by atoms with Gasteiger partial charge in [0.05, 0.1) is 0 Å². The molecule has 1 atom stereocenters. The van der Waals surface area contributed by atoms with E-state index in [-0.39, 0.29) is 0 Å². The number of rotatable bonds is 9. The van der Waals surface area contributed by atoms with E-state index < -0.39 is 0 Å². The maximum Gasteiger partial charge on any atom is 0.191 e. The molecule has 0 aromatic carbocycles. The highest BCUT2D eigenvalue weighted by atomic mass is 32.1. The molecule has 0 saturated heterocycles. The van der Waals surface area contributed by atoms with E-state index in [1.165, 1.54) is 4.88 Å². The van der Waals surface area contributed by atoms with Gasteiger partial charge in [-0.2, -0.15) is 0 Å². The van der Waals surface area contributed by atoms with Gasteiger partial charge in [-0.3, -0.25) is 4.99 Å². The number of hydrogen-bond donors (Lipinski definition) is 2. The number of aliphatic imine (C=N–C) groups is 1. The van der Waals surface area contributed by atoms with Crippen molar-refractivity contribution < 1.29 is 0 Å². The highest BCUT2D eigenvalue weighted by Crippen LogP contribution is 2.08. The monoisotopic (exact) mass is 348 g/mol. The lowest BCUT2D eigenvalue weighted by Gasteiger charge is -2.17. The smallest absolute Gasteiger partial charge is 0.191 e. The Morgan fingerprint density at radius 2 is 2.29 bits per heavy atom. The van der Waals surface area contributed by atoms with Crippen LogP contribution in [0.2, 0.25) is 0 Å². The summed E-state index contributed by atoms with van der Waals surface area (Å²) < 4.78 is 2.08. The van der Waals surface area contributed by atoms with Crippen molar-refractivity contribution in [1.82, 2.24) is 25.4 Å². The van der Waals surface area contributed by atoms with Crippen LogP contribution in [0.25, 0.3) is 0 Å². The van der Waals surface area contributed by atoms with Gasteiger partial charge >= 0.3 is 0 Å². The van der Waals surface area contributed by atoms with Crippen LogP contribution in [0.4, 0.5) is 0 Å². The summed E-state index contributed by atoms with van der Waals surface area (Å²) in [5.74, 6) is 1.90. The molecular formula is C17H28N6S. The fraction of sp³-hybridized carbons (Fsp3) is 0.588. The zero-order chi connectivity index (χ0) is 17.2. The first-order chi connectivity index (χ1) is 11.7. The van der Waals surface area contributed by atoms with E-state index in [9.17, 15) is 0 Å². The molecule has 0 aliphatic heterocycles. The van der Waals surface area contributed by atoms with Crippen LogP contribution in [0, 0.1) is 0 Å². The van der Waals surface area contributed by atoms with Gasteiger partial charge in [0.1, 0.15) is 12.2 Å². The van der Waals surface area contributed by atoms with Gasteiger partial charge in [-0.05, 0) is 24.8 Å². The lowest BCUT2D eigenvalue weighted by Crippen LogP contribution is -2.43. The molecule has 0 radical (unpaired) electrons. The van der Waals surface area contributed by atoms with Gasteiger partial charge in [-0.25, -0.2) is 0 Å². The fourth-order valence-corrected chi connectivity index (χ4v) is 2.95. The van der Waals surface area contributed by atoms with Crippen molar-refractivity contribution in [1.29, 1.82) is 0 Å². The normalized spacial score (nSPS) is 13.0. The van der Waals surface area contributed by atoms with Crippen molar-refractivity contribution in [2.24, 2.45) is 4.99 Å². The minimum atomic E-state index is 0.402. The summed E-state index contributed by atoms with van der Waals surface area (Å²) in [6.07, 6.45) is 4.73. The van der Waals surface area contributed by atoms with Crippen molar-refractivity contribution >= 4 is 17.3 Å². The van der Waals surface area contributed by atoms with Crippen LogP contribution < -0.4 is 10.6 Å². The second-order valence-electron chi connectivity index (χ2n) is 5.73. The number of nitrogens with zero attached hydrogens (tertiary/aromatic N) is 4. The first-order valence-electron chi connectivity index (χ1n) is 8.66. The summed E-state index contributed by atoms with van der Waals surface area (Å²) in [6, 6.07) is 4.65. The largest absolute Gasteiger partial charge is 0.355 e. The van der Waals surface area contributed by atoms with Crippen molar-refractivity contribution in [3.63, 3.8) is 0 Å². The van der Waals surface area contributed by atoms with Crippen molar-refractivity contribution in [3.05, 3.63) is 34.5 Å². The summed E-state index contributed by atoms with van der Waals surface area (Å²) in [5.41, 5.74) is 0. The van der Waals surface area contributed by atoms with Crippen LogP contribution in [0.5, 0.6) is 0 Å². The van der Waals surface area contributed by atoms with E-state index >= 15 is 0 Å². The van der Waals surface area contributed by atoms with Gasteiger partial charge in [0.25, 0.3) is 0 Å². The second-order valence-corrected chi connectivity index (χ2v) is 6.77. The van der Waals surface area contributed by atoms with Gasteiger partial charge in [0.15, 0.2) is 5.96 Å². The molecule has 2 N–H and O–H groups in total. The average Bonchev–Trinajstić information content (AvgIpc) is 3.25. The standard InChI is InChI=1S/C17H28N6S/c1-4-14(3)21-17(18-9-8-15-7-6-12-24-15)19-10-11-23-13-20-22-16(23)5-2/h6-7,12-14H,4-5,8-11H2,1-3H3,(H2,18,19,21). The molecule has 2 aromatic rings. The lowest BCUT2D eigenvalue weighted by atomic mass is 10.3. The van der Waals surface area contributed by atoms with Crippen LogP contribution in [0.1, 0.15) is 37.9 Å². The van der Waals surface area contributed by atoms with E-state index in [2.05, 4.69) is 63.7 Å². The predicted molar refractivity (Wildman–Crippen MR) is 101 cm³/mol. The molecule has 0 saturated carbocycles. The Morgan fingerprint density at radius 1 is 1.42 bits per heavy atom. The van der Waals surface area contributed by atoms with Crippen molar-refractivity contribution in [3.8, 4) is 0 Å². The molecule has 132 valence electrons. The maximum atomic E-state index is 4.71. The molecule has 0 aliphatic rings. The minimum Gasteiger partial charge on any atom is -0.355 e. The Labute approximate surface area is 148 Å². The van der Waals surface area contributed by atoms with Crippen LogP contribution >= 0.6 is 11.3 Å². The Bertz CT molecular complexity index is 604. The number of aryl methyl sites for hydroxylation is 1. The Kier molecular flexibility index (Phi) is 7.74. The Hall–Kier alpha value is -1.89. The van der Waals surface area contributed by atoms with E-state index in [1.54, 1.807) is 17.7 Å². The lowest BCUT2D eigenvalue weighted by molar-refractivity contribution is 0.599. The highest BCUT2D eigenvalue weighted by molar-refractivity contribution is 7.09. The van der Waals surface area contributed by atoms with Gasteiger partial charge < -0.3 is 15.2 Å². The van der Waals surface area contributed by atoms with Crippen molar-refractivity contribution in [2.75, 3.05) is 13.1 Å². The first kappa shape index (κ1) is 18.4. The second kappa shape index (κ2) is 10.1. The number of guanidine groups is 1. The molecule has 0 amide bonds. The van der Waals surface area contributed by atoms with E-state index in [0.717, 1.165) is 50.7 Å². The Morgan fingerprint density at radius 3 is 3.00 bits per heavy atom. The summed E-state index contributed by atoms with van der Waals surface area (Å²) in [4.78, 5) is 6.08. The summed E-state index contributed by atoms with van der Waals surface area (Å²) in [6.45, 7) is 8.86. The summed E-state index contributed by atoms with van der Waals surface area (Å²) >= 11 is 1.79. The highest BCUT2D eigenvalue weighted by Gasteiger charge is 2.05. The fourth-order valence-electron chi connectivity index (χ4n) is 2.25. The SMILES string of the molecule is CCc1nncn1CCNC(=NCCc1cccs1)NC(C)CC. The molecule has 1 unspecified atom stereocenters. The number of hydrogen-bond acceptors (Lipinski definition) is 4. The Balaban J connectivity index is 1.85. The zero-order valence-electron chi connectivity index (χ0n) is 14.8. The molecule has 0 aliphatic carbocycles. The summed E-state index contributed by atoms with van der Waals surface area (Å²) in [5, 5.41) is 17.1. The number of nitrogens with one attached hydrogen (secondary N) is 2. The molecule has 2 heterocycles. The minimum absolute atomic E-state index is 0.402. The first-order valence-corrected chi connectivity index (χ1v) is 9.54. The van der Waals surface area contributed by atoms with Crippen LogP contribution in [0.3, 0.4) is 0 Å². The van der Waals surface area contributed by atoms with Gasteiger partial charge in [0.2, 0.25) is 0 Å². The molecule has 0 bridgehead atoms. The van der Waals surface area contributed by atoms with E-state index in [1.807, 2.05) is 0 Å². The third kappa shape index (κ3) is 5.96. The molecule has 24 heavy (non-hydrogen) atoms. The van der Waals surface area contributed by atoms with E-state index in [4.69, 9.17) is 4.99 Å². The quantitative estimate of drug-likeness (QED) is 0.540. The molecule has 0 spiro atoms. The topological polar surface area (TPSA) is 67.1 Å². The van der Waals surface area contributed by atoms with Crippen LogP contribution in [-0.4, -0.2) is 39.9 Å². The molecular weight excluding hydrogens is 320 g/mol. The third-order valence-electron chi connectivity index (χ3n) is 3.86. The number of aromatic nitrogens is 3. The van der Waals surface area contributed by atoms with E-state index in [0.29, 0.717) is 6.04 Å². The molecule has 6 nitrogen and oxygen atoms in total. The average molecular weight is 349 g/mol. The molecule has 2 aromatic heterocycles. The third-order valence-corrected chi connectivity index (χ3v) is 4.80. The zero-order valence-corrected chi connectivity index (χ0v) is 15.6. The maximum absolute atomic E-state index is 4.71. The van der Waals surface area contributed by atoms with Gasteiger partial charge in [-0.1, -0.05) is 19.9 Å². The molecule has 7 heteroatoms. The molecule has 0 fully saturated rings. The van der Waals surface area contributed by atoms with Crippen LogP contribution in [0.15, 0.2) is 28.8 Å². The molecule has 2 rings (SSSR count). The van der Waals surface area contributed by atoms with Crippen molar-refractivity contribution in [2.45, 2.75) is 52.6 Å². The summed E-state index contributed by atoms with van der Waals surface area (Å²) in [7, 11) is 0. The predicted octanol–water partition coefficient (Wildman–Crippen LogP) is 2.48. The van der Waals surface area contributed by atoms with Gasteiger partial charge in [-0.15, -0.1) is 21.5 Å².